The fraction of sp³-hybridized carbons (Fsp3) is 0.316. The largest absolute Gasteiger partial charge is 0.437 e. The number of hydrogen-bond acceptors (Lipinski definition) is 2. The highest BCUT2D eigenvalue weighted by Gasteiger charge is 2.58. The van der Waals surface area contributed by atoms with Gasteiger partial charge in [-0.1, -0.05) is 128 Å². The minimum absolute atomic E-state index is 0.0136. The van der Waals surface area contributed by atoms with E-state index in [9.17, 15) is 0 Å². The minimum Gasteiger partial charge on any atom is -0.437 e. The van der Waals surface area contributed by atoms with Gasteiger partial charge in [-0.25, -0.2) is 0 Å². The van der Waals surface area contributed by atoms with E-state index in [4.69, 9.17) is 4.52 Å². The van der Waals surface area contributed by atoms with E-state index in [1.165, 1.54) is 27.9 Å². The van der Waals surface area contributed by atoms with Gasteiger partial charge < -0.3 is 4.52 Å². The molecule has 41 heavy (non-hydrogen) atoms. The van der Waals surface area contributed by atoms with Crippen LogP contribution in [0.3, 0.4) is 0 Å². The Hall–Kier alpha value is -3.35. The maximum atomic E-state index is 15.2. The van der Waals surface area contributed by atoms with Crippen LogP contribution in [0, 0.1) is 21.7 Å². The second-order valence-corrected chi connectivity index (χ2v) is 16.5. The molecule has 2 unspecified atom stereocenters. The molecule has 2 aromatic rings. The summed E-state index contributed by atoms with van der Waals surface area (Å²) in [6.45, 7) is 18.3. The Balaban J connectivity index is 1.67. The highest BCUT2D eigenvalue weighted by molar-refractivity contribution is 7.74. The van der Waals surface area contributed by atoms with E-state index >= 15 is 4.57 Å². The SMILES string of the molecule is CC(C)(C)C1=CC2=CC(OP(=O)(c3ccccc3)c3ccccc3)=C3C=C(C(C)(C)C)C=C4C=CC(=C1)C2(C)C43C. The maximum absolute atomic E-state index is 15.2. The van der Waals surface area contributed by atoms with E-state index in [0.717, 1.165) is 5.57 Å². The molecule has 0 heterocycles. The van der Waals surface area contributed by atoms with Gasteiger partial charge in [-0.3, -0.25) is 4.57 Å². The van der Waals surface area contributed by atoms with Crippen LogP contribution in [0.1, 0.15) is 55.4 Å². The van der Waals surface area contributed by atoms with Gasteiger partial charge in [0.25, 0.3) is 0 Å². The standard InChI is InChI=1S/C38H41O2P/c1-35(2,3)28-21-26-19-20-27-22-29(36(4,5)6)24-33-34(25-30(23-28)37(26,7)38(27,33)8)40-41(39,31-15-11-9-12-16-31)32-17-13-10-14-18-32/h9-25H,1-8H3. The Bertz CT molecular complexity index is 1650. The van der Waals surface area contributed by atoms with Crippen molar-refractivity contribution in [1.82, 2.24) is 0 Å². The van der Waals surface area contributed by atoms with Crippen molar-refractivity contribution < 1.29 is 9.09 Å². The van der Waals surface area contributed by atoms with Crippen LogP contribution in [0.5, 0.6) is 0 Å². The van der Waals surface area contributed by atoms with Gasteiger partial charge in [0.2, 0.25) is 0 Å². The van der Waals surface area contributed by atoms with Crippen LogP contribution in [0.2, 0.25) is 0 Å². The lowest BCUT2D eigenvalue weighted by Gasteiger charge is -2.57. The van der Waals surface area contributed by atoms with Crippen molar-refractivity contribution >= 4 is 18.0 Å². The summed E-state index contributed by atoms with van der Waals surface area (Å²) in [6, 6.07) is 19.3. The third-order valence-corrected chi connectivity index (χ3v) is 12.1. The summed E-state index contributed by atoms with van der Waals surface area (Å²) in [7, 11) is -3.48. The molecule has 0 radical (unpaired) electrons. The first-order chi connectivity index (χ1) is 19.2. The minimum atomic E-state index is -3.48. The van der Waals surface area contributed by atoms with Gasteiger partial charge >= 0.3 is 7.37 Å². The predicted molar refractivity (Wildman–Crippen MR) is 173 cm³/mol. The average Bonchev–Trinajstić information content (AvgIpc) is 2.92. The van der Waals surface area contributed by atoms with Gasteiger partial charge in [-0.05, 0) is 69.0 Å². The van der Waals surface area contributed by atoms with Crippen LogP contribution in [0.15, 0.2) is 142 Å². The number of allylic oxidation sites excluding steroid dienone is 13. The van der Waals surface area contributed by atoms with Gasteiger partial charge in [0, 0.05) is 16.4 Å². The summed E-state index contributed by atoms with van der Waals surface area (Å²) in [6.07, 6.45) is 16.2. The molecule has 2 atom stereocenters. The predicted octanol–water partition coefficient (Wildman–Crippen LogP) is 9.53. The van der Waals surface area contributed by atoms with E-state index in [1.54, 1.807) is 0 Å². The van der Waals surface area contributed by atoms with Gasteiger partial charge in [0.1, 0.15) is 5.76 Å². The molecule has 0 N–H and O–H groups in total. The number of hydrogen-bond donors (Lipinski definition) is 0. The number of benzene rings is 2. The molecule has 0 fully saturated rings. The highest BCUT2D eigenvalue weighted by atomic mass is 31.2. The van der Waals surface area contributed by atoms with E-state index < -0.39 is 7.37 Å². The Morgan fingerprint density at radius 2 is 1.05 bits per heavy atom. The normalized spacial score (nSPS) is 25.4. The molecule has 2 nitrogen and oxygen atoms in total. The van der Waals surface area contributed by atoms with Crippen molar-refractivity contribution in [3.05, 3.63) is 142 Å². The van der Waals surface area contributed by atoms with Gasteiger partial charge in [-0.15, -0.1) is 0 Å². The van der Waals surface area contributed by atoms with Crippen LogP contribution in [-0.2, 0) is 9.09 Å². The molecule has 0 amide bonds. The lowest BCUT2D eigenvalue weighted by atomic mass is 9.45. The molecule has 210 valence electrons. The topological polar surface area (TPSA) is 26.3 Å². The molecule has 0 saturated carbocycles. The van der Waals surface area contributed by atoms with E-state index in [0.29, 0.717) is 16.4 Å². The molecule has 0 spiro atoms. The van der Waals surface area contributed by atoms with E-state index in [1.807, 2.05) is 60.7 Å². The van der Waals surface area contributed by atoms with E-state index in [2.05, 4.69) is 97.9 Å². The first kappa shape index (κ1) is 27.8. The summed E-state index contributed by atoms with van der Waals surface area (Å²) in [5.41, 5.74) is 6.68. The molecule has 2 aromatic carbocycles. The zero-order chi connectivity index (χ0) is 29.4. The molecule has 0 aliphatic heterocycles. The summed E-state index contributed by atoms with van der Waals surface area (Å²) in [4.78, 5) is 0. The van der Waals surface area contributed by atoms with Crippen LogP contribution in [-0.4, -0.2) is 0 Å². The fourth-order valence-electron chi connectivity index (χ4n) is 6.69. The second kappa shape index (κ2) is 9.07. The lowest BCUT2D eigenvalue weighted by Crippen LogP contribution is -2.49. The first-order valence-electron chi connectivity index (χ1n) is 14.6. The Morgan fingerprint density at radius 3 is 1.54 bits per heavy atom. The molecule has 4 aliphatic carbocycles. The molecule has 3 heteroatoms. The summed E-state index contributed by atoms with van der Waals surface area (Å²) in [5.74, 6) is 0.699. The molecular formula is C38H41O2P. The van der Waals surface area contributed by atoms with Crippen LogP contribution < -0.4 is 10.6 Å². The van der Waals surface area contributed by atoms with E-state index in [-0.39, 0.29) is 21.7 Å². The van der Waals surface area contributed by atoms with Crippen LogP contribution in [0.4, 0.5) is 0 Å². The molecule has 4 aliphatic rings. The monoisotopic (exact) mass is 560 g/mol. The lowest BCUT2D eigenvalue weighted by molar-refractivity contribution is 0.231. The Morgan fingerprint density at radius 1 is 0.585 bits per heavy atom. The highest BCUT2D eigenvalue weighted by Crippen LogP contribution is 2.68. The number of rotatable bonds is 4. The molecule has 0 aromatic heterocycles. The fourth-order valence-corrected chi connectivity index (χ4v) is 8.76. The van der Waals surface area contributed by atoms with Gasteiger partial charge in [0.15, 0.2) is 0 Å². The van der Waals surface area contributed by atoms with Crippen molar-refractivity contribution in [1.29, 1.82) is 0 Å². The molecule has 0 saturated heterocycles. The quantitative estimate of drug-likeness (QED) is 0.348. The second-order valence-electron chi connectivity index (χ2n) is 14.2. The smallest absolute Gasteiger partial charge is 0.306 e. The first-order valence-corrected chi connectivity index (χ1v) is 16.3. The van der Waals surface area contributed by atoms with Crippen LogP contribution in [0.25, 0.3) is 0 Å². The summed E-state index contributed by atoms with van der Waals surface area (Å²) in [5, 5.41) is 1.39. The molecular weight excluding hydrogens is 519 g/mol. The van der Waals surface area contributed by atoms with Crippen molar-refractivity contribution in [2.45, 2.75) is 55.4 Å². The van der Waals surface area contributed by atoms with Crippen molar-refractivity contribution in [2.24, 2.45) is 21.7 Å². The maximum Gasteiger partial charge on any atom is 0.306 e. The summed E-state index contributed by atoms with van der Waals surface area (Å²) < 4.78 is 22.2. The van der Waals surface area contributed by atoms with Crippen molar-refractivity contribution in [2.75, 3.05) is 0 Å². The van der Waals surface area contributed by atoms with Crippen LogP contribution >= 0.6 is 7.37 Å². The molecule has 6 rings (SSSR count). The molecule has 0 bridgehead atoms. The average molecular weight is 561 g/mol. The zero-order valence-corrected chi connectivity index (χ0v) is 26.5. The third kappa shape index (κ3) is 4.10. The van der Waals surface area contributed by atoms with Crippen molar-refractivity contribution in [3.8, 4) is 0 Å². The third-order valence-electron chi connectivity index (χ3n) is 9.65. The van der Waals surface area contributed by atoms with Crippen molar-refractivity contribution in [3.63, 3.8) is 0 Å². The zero-order valence-electron chi connectivity index (χ0n) is 25.6. The Labute approximate surface area is 246 Å². The van der Waals surface area contributed by atoms with Gasteiger partial charge in [0.05, 0.1) is 10.6 Å². The Kier molecular flexibility index (Phi) is 6.15. The summed E-state index contributed by atoms with van der Waals surface area (Å²) >= 11 is 0. The van der Waals surface area contributed by atoms with Gasteiger partial charge in [-0.2, -0.15) is 0 Å².